The summed E-state index contributed by atoms with van der Waals surface area (Å²) in [6, 6.07) is 15.1. The summed E-state index contributed by atoms with van der Waals surface area (Å²) >= 11 is 0. The molecule has 0 aliphatic carbocycles. The first-order valence-electron chi connectivity index (χ1n) is 12.1. The predicted molar refractivity (Wildman–Crippen MR) is 131 cm³/mol. The van der Waals surface area contributed by atoms with E-state index in [1.807, 2.05) is 18.3 Å². The molecule has 1 saturated heterocycles. The van der Waals surface area contributed by atoms with Crippen LogP contribution in [0.3, 0.4) is 0 Å². The van der Waals surface area contributed by atoms with E-state index in [0.29, 0.717) is 36.2 Å². The molecule has 5 heterocycles. The molecule has 2 aromatic carbocycles. The summed E-state index contributed by atoms with van der Waals surface area (Å²) < 4.78 is 11.2. The normalized spacial score (nSPS) is 18.2. The number of nitrogens with one attached hydrogen (secondary N) is 2. The van der Waals surface area contributed by atoms with Crippen LogP contribution in [-0.4, -0.2) is 64.9 Å². The van der Waals surface area contributed by atoms with Gasteiger partial charge in [-0.1, -0.05) is 24.3 Å². The van der Waals surface area contributed by atoms with Crippen LogP contribution in [0, 0.1) is 0 Å². The predicted octanol–water partition coefficient (Wildman–Crippen LogP) is 3.17. The van der Waals surface area contributed by atoms with Gasteiger partial charge in [0.1, 0.15) is 12.4 Å². The molecule has 3 aliphatic heterocycles. The Hall–Kier alpha value is -3.75. The van der Waals surface area contributed by atoms with Crippen molar-refractivity contribution in [2.24, 2.45) is 0 Å². The Balaban J connectivity index is 1.23. The van der Waals surface area contributed by atoms with Gasteiger partial charge in [0, 0.05) is 35.8 Å². The molecule has 1 fully saturated rings. The number of amides is 1. The maximum absolute atomic E-state index is 12.3. The zero-order valence-corrected chi connectivity index (χ0v) is 19.2. The Bertz CT molecular complexity index is 1460. The molecule has 0 bridgehead atoms. The lowest BCUT2D eigenvalue weighted by Gasteiger charge is -2.40. The Morgan fingerprint density at radius 3 is 2.80 bits per heavy atom. The van der Waals surface area contributed by atoms with Crippen LogP contribution in [0.4, 0.5) is 0 Å². The summed E-state index contributed by atoms with van der Waals surface area (Å²) in [7, 11) is 0. The van der Waals surface area contributed by atoms with Crippen LogP contribution in [0.1, 0.15) is 21.5 Å². The summed E-state index contributed by atoms with van der Waals surface area (Å²) in [5.74, 6) is 0.473. The summed E-state index contributed by atoms with van der Waals surface area (Å²) in [6.07, 6.45) is 2.94. The lowest BCUT2D eigenvalue weighted by Crippen LogP contribution is -2.50. The van der Waals surface area contributed by atoms with Crippen molar-refractivity contribution in [2.75, 3.05) is 32.9 Å². The van der Waals surface area contributed by atoms with Crippen molar-refractivity contribution < 1.29 is 14.3 Å². The maximum Gasteiger partial charge on any atom is 0.255 e. The number of fused-ring (bicyclic) bond motifs is 3. The topological polar surface area (TPSA) is 92.4 Å². The minimum atomic E-state index is -0.112. The molecule has 0 unspecified atom stereocenters. The number of pyridine rings is 1. The molecular weight excluding hydrogens is 442 g/mol. The first-order valence-corrected chi connectivity index (χ1v) is 12.1. The highest BCUT2D eigenvalue weighted by Crippen LogP contribution is 2.34. The number of hydrogen-bond acceptors (Lipinski definition) is 6. The van der Waals surface area contributed by atoms with E-state index in [-0.39, 0.29) is 5.91 Å². The number of benzene rings is 2. The van der Waals surface area contributed by atoms with E-state index in [9.17, 15) is 4.79 Å². The van der Waals surface area contributed by atoms with Crippen molar-refractivity contribution in [3.8, 4) is 28.1 Å². The van der Waals surface area contributed by atoms with Gasteiger partial charge in [0.25, 0.3) is 5.91 Å². The number of carbonyl (C=O) groups is 1. The van der Waals surface area contributed by atoms with E-state index in [1.165, 1.54) is 11.1 Å². The van der Waals surface area contributed by atoms with Crippen LogP contribution in [0.5, 0.6) is 5.75 Å². The van der Waals surface area contributed by atoms with Gasteiger partial charge in [-0.15, -0.1) is 0 Å². The number of H-pyrrole nitrogens is 1. The van der Waals surface area contributed by atoms with E-state index >= 15 is 0 Å². The number of ether oxygens (including phenoxy) is 2. The fourth-order valence-corrected chi connectivity index (χ4v) is 5.18. The summed E-state index contributed by atoms with van der Waals surface area (Å²) in [5.41, 5.74) is 8.01. The highest BCUT2D eigenvalue weighted by molar-refractivity contribution is 5.99. The standard InChI is InChI=1S/C27H25N5O3/c33-27-22-4-3-18(11-24(22)35-8-6-28-27)25-23-10-20(12-29-26(23)31-30-25)16-1-2-19-13-32(21-14-34-15-21)7-5-17(19)9-16/h1-4,9-12,21H,5-8,13-15H2,(H,28,33)(H,29,30,31). The number of hydrogen-bond donors (Lipinski definition) is 2. The maximum atomic E-state index is 12.3. The number of rotatable bonds is 3. The largest absolute Gasteiger partial charge is 0.491 e. The van der Waals surface area contributed by atoms with Crippen molar-refractivity contribution in [1.29, 1.82) is 0 Å². The monoisotopic (exact) mass is 467 g/mol. The molecule has 0 spiro atoms. The molecular formula is C27H25N5O3. The molecule has 8 nitrogen and oxygen atoms in total. The van der Waals surface area contributed by atoms with Gasteiger partial charge in [0.15, 0.2) is 5.65 Å². The number of carbonyl (C=O) groups excluding carboxylic acids is 1. The van der Waals surface area contributed by atoms with Gasteiger partial charge < -0.3 is 14.8 Å². The molecule has 8 heteroatoms. The van der Waals surface area contributed by atoms with Gasteiger partial charge in [-0.05, 0) is 41.3 Å². The lowest BCUT2D eigenvalue weighted by molar-refractivity contribution is -0.0694. The van der Waals surface area contributed by atoms with Gasteiger partial charge in [-0.2, -0.15) is 5.10 Å². The average Bonchev–Trinajstić information content (AvgIpc) is 3.19. The molecule has 2 aromatic heterocycles. The first kappa shape index (κ1) is 20.6. The highest BCUT2D eigenvalue weighted by atomic mass is 16.5. The molecule has 4 aromatic rings. The van der Waals surface area contributed by atoms with Crippen LogP contribution < -0.4 is 10.1 Å². The molecule has 0 saturated carbocycles. The van der Waals surface area contributed by atoms with Crippen molar-refractivity contribution in [2.45, 2.75) is 19.0 Å². The zero-order chi connectivity index (χ0) is 23.4. The Labute approximate surface area is 202 Å². The quantitative estimate of drug-likeness (QED) is 0.481. The third-order valence-corrected chi connectivity index (χ3v) is 7.29. The molecule has 2 N–H and O–H groups in total. The van der Waals surface area contributed by atoms with E-state index in [4.69, 9.17) is 9.47 Å². The summed E-state index contributed by atoms with van der Waals surface area (Å²) in [4.78, 5) is 19.4. The van der Waals surface area contributed by atoms with Crippen molar-refractivity contribution in [3.05, 3.63) is 65.4 Å². The van der Waals surface area contributed by atoms with Gasteiger partial charge in [-0.25, -0.2) is 4.98 Å². The Morgan fingerprint density at radius 2 is 1.91 bits per heavy atom. The molecule has 0 atom stereocenters. The highest BCUT2D eigenvalue weighted by Gasteiger charge is 2.29. The van der Waals surface area contributed by atoms with E-state index < -0.39 is 0 Å². The van der Waals surface area contributed by atoms with Crippen LogP contribution in [0.25, 0.3) is 33.4 Å². The second-order valence-electron chi connectivity index (χ2n) is 9.40. The third-order valence-electron chi connectivity index (χ3n) is 7.29. The van der Waals surface area contributed by atoms with E-state index in [0.717, 1.165) is 60.5 Å². The van der Waals surface area contributed by atoms with Crippen molar-refractivity contribution in [3.63, 3.8) is 0 Å². The SMILES string of the molecule is O=C1NCCOc2cc(-c3[nH]nc4ncc(-c5ccc6c(c5)CCN(C5COC5)C6)cc34)ccc21. The number of aromatic nitrogens is 3. The van der Waals surface area contributed by atoms with Gasteiger partial charge in [0.05, 0.1) is 37.1 Å². The Morgan fingerprint density at radius 1 is 1.00 bits per heavy atom. The summed E-state index contributed by atoms with van der Waals surface area (Å²) in [6.45, 7) is 4.72. The summed E-state index contributed by atoms with van der Waals surface area (Å²) in [5, 5.41) is 11.3. The molecule has 0 radical (unpaired) electrons. The van der Waals surface area contributed by atoms with Crippen molar-refractivity contribution in [1.82, 2.24) is 25.4 Å². The second kappa shape index (κ2) is 8.18. The average molecular weight is 468 g/mol. The van der Waals surface area contributed by atoms with Gasteiger partial charge in [0.2, 0.25) is 0 Å². The number of aromatic amines is 1. The van der Waals surface area contributed by atoms with Crippen LogP contribution in [-0.2, 0) is 17.7 Å². The third kappa shape index (κ3) is 3.57. The van der Waals surface area contributed by atoms with E-state index in [2.05, 4.69) is 49.7 Å². The molecule has 3 aliphatic rings. The van der Waals surface area contributed by atoms with Crippen molar-refractivity contribution >= 4 is 16.9 Å². The molecule has 35 heavy (non-hydrogen) atoms. The van der Waals surface area contributed by atoms with E-state index in [1.54, 1.807) is 6.07 Å². The second-order valence-corrected chi connectivity index (χ2v) is 9.40. The fourth-order valence-electron chi connectivity index (χ4n) is 5.18. The zero-order valence-electron chi connectivity index (χ0n) is 19.2. The lowest BCUT2D eigenvalue weighted by atomic mass is 9.93. The smallest absolute Gasteiger partial charge is 0.255 e. The number of nitrogens with zero attached hydrogens (tertiary/aromatic N) is 3. The van der Waals surface area contributed by atoms with Crippen LogP contribution in [0.15, 0.2) is 48.7 Å². The minimum absolute atomic E-state index is 0.112. The molecule has 1 amide bonds. The van der Waals surface area contributed by atoms with Gasteiger partial charge >= 0.3 is 0 Å². The molecule has 176 valence electrons. The first-order chi connectivity index (χ1) is 17.2. The van der Waals surface area contributed by atoms with Crippen LogP contribution >= 0.6 is 0 Å². The minimum Gasteiger partial charge on any atom is -0.491 e. The molecule has 7 rings (SSSR count). The van der Waals surface area contributed by atoms with Gasteiger partial charge in [-0.3, -0.25) is 14.8 Å². The Kier molecular flexibility index (Phi) is 4.82. The fraction of sp³-hybridized carbons (Fsp3) is 0.296. The van der Waals surface area contributed by atoms with Crippen LogP contribution in [0.2, 0.25) is 0 Å².